The fraction of sp³-hybridized carbons (Fsp3) is 0.429. The van der Waals surface area contributed by atoms with Gasteiger partial charge in [-0.2, -0.15) is 0 Å². The van der Waals surface area contributed by atoms with Crippen molar-refractivity contribution in [3.8, 4) is 0 Å². The van der Waals surface area contributed by atoms with Crippen molar-refractivity contribution in [1.29, 1.82) is 0 Å². The largest absolute Gasteiger partial charge is 0.481 e. The van der Waals surface area contributed by atoms with E-state index in [1.807, 2.05) is 0 Å². The summed E-state index contributed by atoms with van der Waals surface area (Å²) in [6.45, 7) is 5.32. The summed E-state index contributed by atoms with van der Waals surface area (Å²) in [4.78, 5) is 24.2. The van der Waals surface area contributed by atoms with Crippen molar-refractivity contribution in [2.24, 2.45) is 0 Å². The average Bonchev–Trinajstić information content (AvgIpc) is 2.31. The normalized spacial score (nSPS) is 10.6. The molecule has 0 bridgehead atoms. The number of rotatable bonds is 5. The highest BCUT2D eigenvalue weighted by Crippen LogP contribution is 2.13. The molecule has 0 heterocycles. The molecule has 0 aliphatic rings. The number of nitrogens with zero attached hydrogens (tertiary/aromatic N) is 1. The zero-order valence-corrected chi connectivity index (χ0v) is 11.3. The zero-order chi connectivity index (χ0) is 14.6. The Hall–Kier alpha value is -1.91. The highest BCUT2D eigenvalue weighted by molar-refractivity contribution is 5.94. The molecule has 0 fully saturated rings. The summed E-state index contributed by atoms with van der Waals surface area (Å²) < 4.78 is 13.5. The van der Waals surface area contributed by atoms with Crippen LogP contribution in [-0.2, 0) is 4.79 Å². The Morgan fingerprint density at radius 3 is 2.47 bits per heavy atom. The first-order chi connectivity index (χ1) is 8.82. The number of carbonyl (C=O) groups excluding carboxylic acids is 1. The Morgan fingerprint density at radius 2 is 2.00 bits per heavy atom. The number of carbonyl (C=O) groups is 2. The maximum atomic E-state index is 13.5. The highest BCUT2D eigenvalue weighted by Gasteiger charge is 2.20. The maximum absolute atomic E-state index is 13.5. The van der Waals surface area contributed by atoms with E-state index in [4.69, 9.17) is 5.11 Å². The third kappa shape index (κ3) is 4.05. The van der Waals surface area contributed by atoms with Gasteiger partial charge < -0.3 is 10.0 Å². The molecule has 0 aliphatic heterocycles. The molecule has 104 valence electrons. The summed E-state index contributed by atoms with van der Waals surface area (Å²) in [5, 5.41) is 8.68. The van der Waals surface area contributed by atoms with E-state index in [-0.39, 0.29) is 30.5 Å². The predicted molar refractivity (Wildman–Crippen MR) is 69.6 cm³/mol. The standard InChI is InChI=1S/C14H18FNO3/c1-9(2)16(7-6-13(17)18)14(19)11-5-4-10(3)12(15)8-11/h4-5,8-9H,6-7H2,1-3H3,(H,17,18). The molecule has 19 heavy (non-hydrogen) atoms. The molecule has 1 aromatic carbocycles. The van der Waals surface area contributed by atoms with Gasteiger partial charge in [0.1, 0.15) is 5.82 Å². The molecular weight excluding hydrogens is 249 g/mol. The highest BCUT2D eigenvalue weighted by atomic mass is 19.1. The first-order valence-electron chi connectivity index (χ1n) is 6.12. The van der Waals surface area contributed by atoms with Crippen molar-refractivity contribution in [2.75, 3.05) is 6.54 Å². The lowest BCUT2D eigenvalue weighted by Gasteiger charge is -2.26. The van der Waals surface area contributed by atoms with E-state index in [0.717, 1.165) is 0 Å². The van der Waals surface area contributed by atoms with Gasteiger partial charge in [0.2, 0.25) is 0 Å². The van der Waals surface area contributed by atoms with Crippen LogP contribution in [0.4, 0.5) is 4.39 Å². The quantitative estimate of drug-likeness (QED) is 0.891. The minimum absolute atomic E-state index is 0.112. The number of aliphatic carboxylic acids is 1. The number of benzene rings is 1. The first-order valence-corrected chi connectivity index (χ1v) is 6.12. The van der Waals surface area contributed by atoms with Gasteiger partial charge in [0.05, 0.1) is 6.42 Å². The van der Waals surface area contributed by atoms with Crippen molar-refractivity contribution >= 4 is 11.9 Å². The molecule has 0 saturated carbocycles. The predicted octanol–water partition coefficient (Wildman–Crippen LogP) is 2.46. The van der Waals surface area contributed by atoms with Crippen LogP contribution in [0.25, 0.3) is 0 Å². The van der Waals surface area contributed by atoms with Gasteiger partial charge in [0.25, 0.3) is 5.91 Å². The second-order valence-electron chi connectivity index (χ2n) is 4.70. The van der Waals surface area contributed by atoms with E-state index in [1.165, 1.54) is 17.0 Å². The second-order valence-corrected chi connectivity index (χ2v) is 4.70. The summed E-state index contributed by atoms with van der Waals surface area (Å²) in [5.41, 5.74) is 0.709. The Kier molecular flexibility index (Phi) is 5.03. The Morgan fingerprint density at radius 1 is 1.37 bits per heavy atom. The van der Waals surface area contributed by atoms with E-state index in [0.29, 0.717) is 5.56 Å². The molecule has 4 nitrogen and oxygen atoms in total. The summed E-state index contributed by atoms with van der Waals surface area (Å²) in [7, 11) is 0. The van der Waals surface area contributed by atoms with Crippen molar-refractivity contribution < 1.29 is 19.1 Å². The molecule has 0 spiro atoms. The van der Waals surface area contributed by atoms with E-state index in [2.05, 4.69) is 0 Å². The van der Waals surface area contributed by atoms with Crippen LogP contribution in [0, 0.1) is 12.7 Å². The topological polar surface area (TPSA) is 57.6 Å². The Bertz CT molecular complexity index is 486. The van der Waals surface area contributed by atoms with Crippen LogP contribution in [0.3, 0.4) is 0 Å². The van der Waals surface area contributed by atoms with Crippen molar-refractivity contribution in [1.82, 2.24) is 4.90 Å². The molecule has 0 aliphatic carbocycles. The van der Waals surface area contributed by atoms with Gasteiger partial charge in [-0.15, -0.1) is 0 Å². The number of carboxylic acid groups (broad SMARTS) is 1. The van der Waals surface area contributed by atoms with Gasteiger partial charge >= 0.3 is 5.97 Å². The third-order valence-corrected chi connectivity index (χ3v) is 2.87. The third-order valence-electron chi connectivity index (χ3n) is 2.87. The molecule has 0 unspecified atom stereocenters. The maximum Gasteiger partial charge on any atom is 0.305 e. The van der Waals surface area contributed by atoms with Crippen molar-refractivity contribution in [3.63, 3.8) is 0 Å². The average molecular weight is 267 g/mol. The minimum Gasteiger partial charge on any atom is -0.481 e. The fourth-order valence-corrected chi connectivity index (χ4v) is 1.70. The molecule has 0 radical (unpaired) electrons. The van der Waals surface area contributed by atoms with E-state index in [1.54, 1.807) is 26.8 Å². The lowest BCUT2D eigenvalue weighted by atomic mass is 10.1. The van der Waals surface area contributed by atoms with Gasteiger partial charge in [0, 0.05) is 18.2 Å². The SMILES string of the molecule is Cc1ccc(C(=O)N(CCC(=O)O)C(C)C)cc1F. The second kappa shape index (κ2) is 6.31. The van der Waals surface area contributed by atoms with Gasteiger partial charge in [0.15, 0.2) is 0 Å². The van der Waals surface area contributed by atoms with Gasteiger partial charge in [-0.25, -0.2) is 4.39 Å². The molecular formula is C14H18FNO3. The van der Waals surface area contributed by atoms with Crippen LogP contribution in [-0.4, -0.2) is 34.5 Å². The lowest BCUT2D eigenvalue weighted by Crippen LogP contribution is -2.38. The number of halogens is 1. The summed E-state index contributed by atoms with van der Waals surface area (Å²) in [6, 6.07) is 4.14. The molecule has 1 amide bonds. The Labute approximate surface area is 111 Å². The van der Waals surface area contributed by atoms with Crippen LogP contribution in [0.5, 0.6) is 0 Å². The number of amides is 1. The fourth-order valence-electron chi connectivity index (χ4n) is 1.70. The van der Waals surface area contributed by atoms with Crippen molar-refractivity contribution in [3.05, 3.63) is 35.1 Å². The Balaban J connectivity index is 2.92. The smallest absolute Gasteiger partial charge is 0.305 e. The molecule has 1 rings (SSSR count). The van der Waals surface area contributed by atoms with Crippen LogP contribution >= 0.6 is 0 Å². The monoisotopic (exact) mass is 267 g/mol. The summed E-state index contributed by atoms with van der Waals surface area (Å²) in [5.74, 6) is -1.75. The number of hydrogen-bond donors (Lipinski definition) is 1. The molecule has 5 heteroatoms. The van der Waals surface area contributed by atoms with Crippen LogP contribution in [0.1, 0.15) is 36.2 Å². The number of hydrogen-bond acceptors (Lipinski definition) is 2. The number of carboxylic acids is 1. The molecule has 1 aromatic rings. The minimum atomic E-state index is -0.964. The zero-order valence-electron chi connectivity index (χ0n) is 11.3. The van der Waals surface area contributed by atoms with Crippen molar-refractivity contribution in [2.45, 2.75) is 33.2 Å². The van der Waals surface area contributed by atoms with Gasteiger partial charge in [-0.1, -0.05) is 6.07 Å². The summed E-state index contributed by atoms with van der Waals surface area (Å²) >= 11 is 0. The van der Waals surface area contributed by atoms with Gasteiger partial charge in [-0.3, -0.25) is 9.59 Å². The van der Waals surface area contributed by atoms with Crippen LogP contribution < -0.4 is 0 Å². The molecule has 0 aromatic heterocycles. The summed E-state index contributed by atoms with van der Waals surface area (Å²) in [6.07, 6.45) is -0.127. The first kappa shape index (κ1) is 15.1. The molecule has 0 saturated heterocycles. The van der Waals surface area contributed by atoms with Crippen LogP contribution in [0.2, 0.25) is 0 Å². The number of aryl methyl sites for hydroxylation is 1. The lowest BCUT2D eigenvalue weighted by molar-refractivity contribution is -0.137. The van der Waals surface area contributed by atoms with E-state index in [9.17, 15) is 14.0 Å². The van der Waals surface area contributed by atoms with E-state index >= 15 is 0 Å². The molecule has 0 atom stereocenters. The molecule has 1 N–H and O–H groups in total. The van der Waals surface area contributed by atoms with E-state index < -0.39 is 11.8 Å². The van der Waals surface area contributed by atoms with Gasteiger partial charge in [-0.05, 0) is 38.5 Å². The van der Waals surface area contributed by atoms with Crippen LogP contribution in [0.15, 0.2) is 18.2 Å².